The van der Waals surface area contributed by atoms with Gasteiger partial charge in [0.25, 0.3) is 5.69 Å². The molecule has 0 saturated heterocycles. The third kappa shape index (κ3) is 6.04. The maximum absolute atomic E-state index is 12.0. The summed E-state index contributed by atoms with van der Waals surface area (Å²) in [4.78, 5) is 34.0. The van der Waals surface area contributed by atoms with Crippen molar-refractivity contribution in [2.45, 2.75) is 19.8 Å². The van der Waals surface area contributed by atoms with E-state index in [1.165, 1.54) is 24.4 Å². The van der Waals surface area contributed by atoms with Crippen LogP contribution >= 0.6 is 23.2 Å². The molecule has 0 saturated carbocycles. The molecule has 2 N–H and O–H groups in total. The maximum Gasteiger partial charge on any atom is 0.288 e. The number of hydrazone groups is 1. The molecule has 2 aromatic rings. The Morgan fingerprint density at radius 1 is 1.14 bits per heavy atom. The maximum atomic E-state index is 12.0. The van der Waals surface area contributed by atoms with Crippen molar-refractivity contribution < 1.29 is 14.5 Å². The molecule has 0 bridgehead atoms. The number of benzene rings is 2. The van der Waals surface area contributed by atoms with Crippen LogP contribution in [-0.2, 0) is 9.59 Å². The van der Waals surface area contributed by atoms with Crippen molar-refractivity contribution in [3.63, 3.8) is 0 Å². The van der Waals surface area contributed by atoms with Gasteiger partial charge in [-0.1, -0.05) is 35.3 Å². The van der Waals surface area contributed by atoms with Gasteiger partial charge >= 0.3 is 0 Å². The average molecular weight is 423 g/mol. The summed E-state index contributed by atoms with van der Waals surface area (Å²) < 4.78 is 0. The van der Waals surface area contributed by atoms with E-state index in [2.05, 4.69) is 15.8 Å². The molecule has 0 fully saturated rings. The zero-order valence-corrected chi connectivity index (χ0v) is 16.3. The number of nitro benzene ring substituents is 1. The van der Waals surface area contributed by atoms with Crippen LogP contribution < -0.4 is 10.7 Å². The summed E-state index contributed by atoms with van der Waals surface area (Å²) in [5.74, 6) is -0.810. The highest BCUT2D eigenvalue weighted by Crippen LogP contribution is 2.24. The van der Waals surface area contributed by atoms with Crippen molar-refractivity contribution >= 4 is 52.6 Å². The molecule has 10 heteroatoms. The lowest BCUT2D eigenvalue weighted by molar-refractivity contribution is -0.384. The van der Waals surface area contributed by atoms with E-state index in [9.17, 15) is 19.7 Å². The molecule has 28 heavy (non-hydrogen) atoms. The Balaban J connectivity index is 1.83. The van der Waals surface area contributed by atoms with Crippen LogP contribution in [0.1, 0.15) is 24.0 Å². The van der Waals surface area contributed by atoms with Crippen LogP contribution in [0.25, 0.3) is 0 Å². The molecule has 0 aromatic heterocycles. The van der Waals surface area contributed by atoms with Crippen LogP contribution in [0.3, 0.4) is 0 Å². The van der Waals surface area contributed by atoms with Crippen molar-refractivity contribution in [3.8, 4) is 0 Å². The summed E-state index contributed by atoms with van der Waals surface area (Å²) in [6.45, 7) is 1.78. The number of halogens is 2. The lowest BCUT2D eigenvalue weighted by Gasteiger charge is -2.09. The molecule has 0 unspecified atom stereocenters. The summed E-state index contributed by atoms with van der Waals surface area (Å²) in [5.41, 5.74) is 3.72. The van der Waals surface area contributed by atoms with Crippen molar-refractivity contribution in [2.24, 2.45) is 5.10 Å². The van der Waals surface area contributed by atoms with Crippen LogP contribution in [-0.4, -0.2) is 23.0 Å². The van der Waals surface area contributed by atoms with E-state index in [1.807, 2.05) is 0 Å². The quantitative estimate of drug-likeness (QED) is 0.397. The largest absolute Gasteiger partial charge is 0.326 e. The Kier molecular flexibility index (Phi) is 7.48. The van der Waals surface area contributed by atoms with E-state index in [0.29, 0.717) is 16.3 Å². The molecule has 0 spiro atoms. The number of hydrogen-bond donors (Lipinski definition) is 2. The Labute approximate surface area is 170 Å². The molecule has 0 atom stereocenters. The van der Waals surface area contributed by atoms with Crippen LogP contribution in [0.2, 0.25) is 10.0 Å². The summed E-state index contributed by atoms with van der Waals surface area (Å²) in [7, 11) is 0. The number of rotatable bonds is 7. The van der Waals surface area contributed by atoms with Crippen molar-refractivity contribution in [2.75, 3.05) is 5.32 Å². The van der Waals surface area contributed by atoms with Gasteiger partial charge in [0, 0.05) is 35.2 Å². The number of amides is 2. The van der Waals surface area contributed by atoms with Gasteiger partial charge in [-0.05, 0) is 30.7 Å². The van der Waals surface area contributed by atoms with Gasteiger partial charge in [0.15, 0.2) is 0 Å². The van der Waals surface area contributed by atoms with Crippen molar-refractivity contribution in [1.29, 1.82) is 0 Å². The minimum absolute atomic E-state index is 0.00661. The highest BCUT2D eigenvalue weighted by atomic mass is 35.5. The monoisotopic (exact) mass is 422 g/mol. The highest BCUT2D eigenvalue weighted by molar-refractivity contribution is 6.32. The van der Waals surface area contributed by atoms with E-state index in [-0.39, 0.29) is 29.5 Å². The van der Waals surface area contributed by atoms with Gasteiger partial charge in [0.2, 0.25) is 11.8 Å². The van der Waals surface area contributed by atoms with Gasteiger partial charge in [-0.15, -0.1) is 0 Å². The van der Waals surface area contributed by atoms with Crippen LogP contribution in [0.5, 0.6) is 0 Å². The molecule has 2 amide bonds. The Bertz CT molecular complexity index is 947. The van der Waals surface area contributed by atoms with E-state index in [1.54, 1.807) is 25.1 Å². The van der Waals surface area contributed by atoms with Crippen molar-refractivity contribution in [1.82, 2.24) is 5.43 Å². The lowest BCUT2D eigenvalue weighted by Crippen LogP contribution is -2.20. The first kappa shape index (κ1) is 21.3. The van der Waals surface area contributed by atoms with E-state index in [0.717, 1.165) is 5.56 Å². The fraction of sp³-hybridized carbons (Fsp3) is 0.167. The fourth-order valence-electron chi connectivity index (χ4n) is 2.17. The molecule has 0 radical (unpaired) electrons. The number of nitrogens with one attached hydrogen (secondary N) is 2. The number of carbonyl (C=O) groups is 2. The van der Waals surface area contributed by atoms with E-state index in [4.69, 9.17) is 23.2 Å². The predicted octanol–water partition coefficient (Wildman–Crippen LogP) is 4.08. The van der Waals surface area contributed by atoms with Gasteiger partial charge in [-0.2, -0.15) is 5.10 Å². The minimum Gasteiger partial charge on any atom is -0.326 e. The van der Waals surface area contributed by atoms with E-state index < -0.39 is 10.8 Å². The second kappa shape index (κ2) is 9.82. The van der Waals surface area contributed by atoms with Gasteiger partial charge in [-0.3, -0.25) is 19.7 Å². The Morgan fingerprint density at radius 2 is 1.86 bits per heavy atom. The molecular weight excluding hydrogens is 407 g/mol. The summed E-state index contributed by atoms with van der Waals surface area (Å²) >= 11 is 11.7. The van der Waals surface area contributed by atoms with Crippen LogP contribution in [0.15, 0.2) is 41.5 Å². The second-order valence-corrected chi connectivity index (χ2v) is 6.54. The Hall–Kier alpha value is -2.97. The van der Waals surface area contributed by atoms with Gasteiger partial charge in [0.05, 0.1) is 11.1 Å². The molecule has 0 heterocycles. The van der Waals surface area contributed by atoms with Crippen molar-refractivity contribution in [3.05, 3.63) is 67.7 Å². The molecule has 8 nitrogen and oxygen atoms in total. The molecular formula is C18H16Cl2N4O4. The molecule has 0 aliphatic carbocycles. The number of nitrogens with zero attached hydrogens (tertiary/aromatic N) is 2. The summed E-state index contributed by atoms with van der Waals surface area (Å²) in [6, 6.07) is 9.27. The number of carbonyl (C=O) groups excluding carboxylic acids is 2. The third-order valence-corrected chi connectivity index (χ3v) is 4.42. The predicted molar refractivity (Wildman–Crippen MR) is 108 cm³/mol. The first-order valence-electron chi connectivity index (χ1n) is 8.08. The fourth-order valence-corrected chi connectivity index (χ4v) is 2.53. The second-order valence-electron chi connectivity index (χ2n) is 5.72. The highest BCUT2D eigenvalue weighted by Gasteiger charge is 2.12. The van der Waals surface area contributed by atoms with Gasteiger partial charge < -0.3 is 5.32 Å². The zero-order chi connectivity index (χ0) is 20.7. The lowest BCUT2D eigenvalue weighted by atomic mass is 10.2. The van der Waals surface area contributed by atoms with E-state index >= 15 is 0 Å². The normalized spacial score (nSPS) is 10.7. The van der Waals surface area contributed by atoms with Crippen LogP contribution in [0, 0.1) is 17.0 Å². The zero-order valence-electron chi connectivity index (χ0n) is 14.7. The number of anilines is 1. The van der Waals surface area contributed by atoms with Gasteiger partial charge in [-0.25, -0.2) is 5.43 Å². The third-order valence-electron chi connectivity index (χ3n) is 3.69. The minimum atomic E-state index is -0.613. The molecule has 2 aromatic carbocycles. The standard InChI is InChI=1S/C18H16Cl2N4O4/c1-11-13(19)3-2-4-15(11)22-17(25)7-8-18(26)23-21-10-12-5-6-14(20)16(9-12)24(27)28/h2-6,9-10H,7-8H2,1H3,(H,22,25)(H,23,26). The molecule has 146 valence electrons. The van der Waals surface area contributed by atoms with Crippen LogP contribution in [0.4, 0.5) is 11.4 Å². The van der Waals surface area contributed by atoms with Gasteiger partial charge in [0.1, 0.15) is 5.02 Å². The summed E-state index contributed by atoms with van der Waals surface area (Å²) in [6.07, 6.45) is 1.12. The Morgan fingerprint density at radius 3 is 2.57 bits per heavy atom. The molecule has 0 aliphatic heterocycles. The first-order valence-corrected chi connectivity index (χ1v) is 8.84. The molecule has 0 aliphatic rings. The summed E-state index contributed by atoms with van der Waals surface area (Å²) in [5, 5.41) is 17.8. The first-order chi connectivity index (χ1) is 13.3. The smallest absolute Gasteiger partial charge is 0.288 e. The number of hydrogen-bond acceptors (Lipinski definition) is 5. The average Bonchev–Trinajstić information content (AvgIpc) is 2.65. The number of nitro groups is 1. The topological polar surface area (TPSA) is 114 Å². The SMILES string of the molecule is Cc1c(Cl)cccc1NC(=O)CCC(=O)NN=Cc1ccc(Cl)c([N+](=O)[O-])c1. The molecule has 2 rings (SSSR count).